The Kier molecular flexibility index (Phi) is 6.13. The van der Waals surface area contributed by atoms with E-state index in [1.54, 1.807) is 24.5 Å². The van der Waals surface area contributed by atoms with Gasteiger partial charge in [0.05, 0.1) is 11.3 Å². The minimum Gasteiger partial charge on any atom is -0.316 e. The number of pyridine rings is 1. The molecule has 4 aromatic rings. The Hall–Kier alpha value is -3.19. The van der Waals surface area contributed by atoms with Crippen molar-refractivity contribution >= 4 is 45.6 Å². The van der Waals surface area contributed by atoms with Gasteiger partial charge in [0.2, 0.25) is 5.91 Å². The van der Waals surface area contributed by atoms with E-state index >= 15 is 0 Å². The Balaban J connectivity index is 1.39. The van der Waals surface area contributed by atoms with Gasteiger partial charge in [0.15, 0.2) is 11.0 Å². The van der Waals surface area contributed by atoms with E-state index in [1.165, 1.54) is 28.0 Å². The fourth-order valence-corrected chi connectivity index (χ4v) is 5.91. The molecule has 1 aromatic carbocycles. The van der Waals surface area contributed by atoms with Crippen LogP contribution in [0.1, 0.15) is 22.4 Å². The molecule has 0 bridgehead atoms. The zero-order valence-corrected chi connectivity index (χ0v) is 19.7. The van der Waals surface area contributed by atoms with E-state index in [9.17, 15) is 10.1 Å². The third kappa shape index (κ3) is 4.37. The molecular formula is C23H17ClN6OS2. The number of carbonyl (C=O) groups is 1. The smallest absolute Gasteiger partial charge is 0.235 e. The molecular weight excluding hydrogens is 476 g/mol. The number of thiophene rings is 1. The second kappa shape index (κ2) is 9.35. The lowest BCUT2D eigenvalue weighted by Gasteiger charge is -2.10. The number of aromatic nitrogens is 4. The predicted molar refractivity (Wildman–Crippen MR) is 130 cm³/mol. The molecule has 0 unspecified atom stereocenters. The van der Waals surface area contributed by atoms with Crippen molar-refractivity contribution in [1.29, 1.82) is 5.26 Å². The molecule has 1 aliphatic carbocycles. The lowest BCUT2D eigenvalue weighted by molar-refractivity contribution is -0.113. The number of nitrogens with one attached hydrogen (secondary N) is 1. The average Bonchev–Trinajstić information content (AvgIpc) is 3.53. The summed E-state index contributed by atoms with van der Waals surface area (Å²) in [5.41, 5.74) is 3.39. The largest absolute Gasteiger partial charge is 0.316 e. The van der Waals surface area contributed by atoms with E-state index in [-0.39, 0.29) is 11.7 Å². The number of thioether (sulfide) groups is 1. The molecule has 0 radical (unpaired) electrons. The van der Waals surface area contributed by atoms with Crippen molar-refractivity contribution in [3.05, 3.63) is 69.8 Å². The van der Waals surface area contributed by atoms with E-state index in [4.69, 9.17) is 11.6 Å². The first-order valence-corrected chi connectivity index (χ1v) is 12.4. The molecule has 10 heteroatoms. The molecule has 7 nitrogen and oxygen atoms in total. The van der Waals surface area contributed by atoms with E-state index in [0.29, 0.717) is 26.6 Å². The number of amides is 1. The highest BCUT2D eigenvalue weighted by atomic mass is 35.5. The summed E-state index contributed by atoms with van der Waals surface area (Å²) in [6.07, 6.45) is 6.34. The number of rotatable bonds is 6. The van der Waals surface area contributed by atoms with Crippen molar-refractivity contribution in [2.24, 2.45) is 0 Å². The number of halogens is 1. The van der Waals surface area contributed by atoms with Crippen LogP contribution in [-0.2, 0) is 17.6 Å². The zero-order valence-electron chi connectivity index (χ0n) is 17.3. The Labute approximate surface area is 203 Å². The number of aryl methyl sites for hydroxylation is 1. The summed E-state index contributed by atoms with van der Waals surface area (Å²) >= 11 is 8.87. The van der Waals surface area contributed by atoms with Crippen LogP contribution in [0.2, 0.25) is 5.02 Å². The fourth-order valence-electron chi connectivity index (χ4n) is 3.78. The number of carbonyl (C=O) groups excluding carboxylic acids is 1. The van der Waals surface area contributed by atoms with Gasteiger partial charge < -0.3 is 5.32 Å². The maximum Gasteiger partial charge on any atom is 0.235 e. The maximum absolute atomic E-state index is 12.7. The second-order valence-electron chi connectivity index (χ2n) is 7.36. The van der Waals surface area contributed by atoms with Gasteiger partial charge in [-0.05, 0) is 61.2 Å². The average molecular weight is 493 g/mol. The lowest BCUT2D eigenvalue weighted by atomic mass is 10.1. The fraction of sp³-hybridized carbons (Fsp3) is 0.174. The van der Waals surface area contributed by atoms with Gasteiger partial charge in [0.1, 0.15) is 11.1 Å². The van der Waals surface area contributed by atoms with Crippen molar-refractivity contribution in [3.8, 4) is 23.1 Å². The first-order valence-electron chi connectivity index (χ1n) is 10.2. The van der Waals surface area contributed by atoms with Gasteiger partial charge in [0, 0.05) is 33.5 Å². The number of benzene rings is 1. The van der Waals surface area contributed by atoms with Crippen LogP contribution in [0.3, 0.4) is 0 Å². The van der Waals surface area contributed by atoms with Crippen molar-refractivity contribution in [2.45, 2.75) is 24.4 Å². The summed E-state index contributed by atoms with van der Waals surface area (Å²) < 4.78 is 1.89. The highest BCUT2D eigenvalue weighted by Crippen LogP contribution is 2.38. The van der Waals surface area contributed by atoms with Gasteiger partial charge in [-0.15, -0.1) is 21.5 Å². The van der Waals surface area contributed by atoms with E-state index in [2.05, 4.69) is 26.6 Å². The molecule has 1 amide bonds. The van der Waals surface area contributed by atoms with Crippen LogP contribution in [0.15, 0.2) is 53.9 Å². The molecule has 0 fully saturated rings. The van der Waals surface area contributed by atoms with E-state index in [0.717, 1.165) is 36.1 Å². The lowest BCUT2D eigenvalue weighted by Crippen LogP contribution is -2.14. The standard InChI is InChI=1S/C23H17ClN6OS2/c24-15-4-6-16(7-5-15)30-21(14-8-10-26-11-9-14)28-29-23(30)32-13-20(31)27-22-18(12-25)17-2-1-3-19(17)33-22/h4-11H,1-3,13H2,(H,27,31). The van der Waals surface area contributed by atoms with Crippen LogP contribution < -0.4 is 5.32 Å². The number of fused-ring (bicyclic) bond motifs is 1. The Morgan fingerprint density at radius 1 is 1.18 bits per heavy atom. The molecule has 33 heavy (non-hydrogen) atoms. The van der Waals surface area contributed by atoms with Crippen LogP contribution in [0.25, 0.3) is 17.1 Å². The molecule has 0 aliphatic heterocycles. The first-order chi connectivity index (χ1) is 16.1. The molecule has 0 saturated carbocycles. The van der Waals surface area contributed by atoms with E-state index in [1.807, 2.05) is 28.8 Å². The first kappa shape index (κ1) is 21.6. The molecule has 0 saturated heterocycles. The maximum atomic E-state index is 12.7. The van der Waals surface area contributed by atoms with Gasteiger partial charge in [-0.3, -0.25) is 14.3 Å². The van der Waals surface area contributed by atoms with Gasteiger partial charge in [0.25, 0.3) is 0 Å². The molecule has 1 aliphatic rings. The van der Waals surface area contributed by atoms with Crippen molar-refractivity contribution in [3.63, 3.8) is 0 Å². The van der Waals surface area contributed by atoms with Crippen molar-refractivity contribution in [1.82, 2.24) is 19.7 Å². The summed E-state index contributed by atoms with van der Waals surface area (Å²) in [6.45, 7) is 0. The summed E-state index contributed by atoms with van der Waals surface area (Å²) in [4.78, 5) is 18.0. The molecule has 164 valence electrons. The van der Waals surface area contributed by atoms with Crippen molar-refractivity contribution < 1.29 is 4.79 Å². The van der Waals surface area contributed by atoms with Crippen molar-refractivity contribution in [2.75, 3.05) is 11.1 Å². The van der Waals surface area contributed by atoms with Gasteiger partial charge in [-0.25, -0.2) is 0 Å². The number of nitrogens with zero attached hydrogens (tertiary/aromatic N) is 5. The molecule has 0 atom stereocenters. The molecule has 1 N–H and O–H groups in total. The minimum atomic E-state index is -0.187. The quantitative estimate of drug-likeness (QED) is 0.374. The van der Waals surface area contributed by atoms with E-state index < -0.39 is 0 Å². The summed E-state index contributed by atoms with van der Waals surface area (Å²) in [6, 6.07) is 13.3. The number of hydrogen-bond donors (Lipinski definition) is 1. The second-order valence-corrected chi connectivity index (χ2v) is 9.85. The normalized spacial score (nSPS) is 12.4. The van der Waals surface area contributed by atoms with Gasteiger partial charge in [-0.1, -0.05) is 23.4 Å². The third-order valence-electron chi connectivity index (χ3n) is 5.28. The van der Waals surface area contributed by atoms with Crippen LogP contribution in [-0.4, -0.2) is 31.4 Å². The highest BCUT2D eigenvalue weighted by Gasteiger charge is 2.23. The monoisotopic (exact) mass is 492 g/mol. The third-order valence-corrected chi connectivity index (χ3v) is 7.66. The zero-order chi connectivity index (χ0) is 22.8. The Morgan fingerprint density at radius 3 is 2.73 bits per heavy atom. The van der Waals surface area contributed by atoms with Gasteiger partial charge in [-0.2, -0.15) is 5.26 Å². The minimum absolute atomic E-state index is 0.134. The van der Waals surface area contributed by atoms with Crippen LogP contribution in [0.4, 0.5) is 5.00 Å². The molecule has 3 heterocycles. The Morgan fingerprint density at radius 2 is 1.97 bits per heavy atom. The topological polar surface area (TPSA) is 96.5 Å². The summed E-state index contributed by atoms with van der Waals surface area (Å²) in [5.74, 6) is 0.590. The number of nitriles is 1. The highest BCUT2D eigenvalue weighted by molar-refractivity contribution is 7.99. The van der Waals surface area contributed by atoms with Crippen LogP contribution in [0, 0.1) is 11.3 Å². The molecule has 3 aromatic heterocycles. The van der Waals surface area contributed by atoms with Gasteiger partial charge >= 0.3 is 0 Å². The predicted octanol–water partition coefficient (Wildman–Crippen LogP) is 5.14. The Bertz CT molecular complexity index is 1360. The van der Waals surface area contributed by atoms with Crippen LogP contribution >= 0.6 is 34.7 Å². The van der Waals surface area contributed by atoms with Crippen LogP contribution in [0.5, 0.6) is 0 Å². The number of hydrogen-bond acceptors (Lipinski definition) is 7. The molecule has 5 rings (SSSR count). The summed E-state index contributed by atoms with van der Waals surface area (Å²) in [7, 11) is 0. The molecule has 0 spiro atoms. The summed E-state index contributed by atoms with van der Waals surface area (Å²) in [5, 5.41) is 23.0. The number of anilines is 1. The SMILES string of the molecule is N#Cc1c(NC(=O)CSc2nnc(-c3ccncc3)n2-c2ccc(Cl)cc2)sc2c1CCC2.